The molecular weight excluding hydrogens is 187 g/mol. The fraction of sp³-hybridized carbons (Fsp3) is 1.00. The second-order valence-corrected chi connectivity index (χ2v) is 4.34. The Balaban J connectivity index is 2.71. The van der Waals surface area contributed by atoms with E-state index in [9.17, 15) is 5.11 Å². The predicted octanol–water partition coefficient (Wildman–Crippen LogP) is 1.92. The first-order valence-electron chi connectivity index (χ1n) is 3.71. The first-order valence-corrected chi connectivity index (χ1v) is 4.47. The number of aliphatic hydroxyl groups is 1. The Labute approximate surface area is 76.4 Å². The Bertz CT molecular complexity index is 149. The van der Waals surface area contributed by atoms with Crippen LogP contribution in [-0.4, -0.2) is 21.8 Å². The molecular formula is C7H12Cl2O2. The van der Waals surface area contributed by atoms with Crippen molar-refractivity contribution in [3.63, 3.8) is 0 Å². The highest BCUT2D eigenvalue weighted by Crippen LogP contribution is 2.44. The molecule has 1 fully saturated rings. The molecule has 1 unspecified atom stereocenters. The van der Waals surface area contributed by atoms with E-state index in [1.807, 2.05) is 13.8 Å². The highest BCUT2D eigenvalue weighted by Gasteiger charge is 2.51. The van der Waals surface area contributed by atoms with Crippen LogP contribution in [0, 0.1) is 5.92 Å². The molecule has 0 saturated carbocycles. The van der Waals surface area contributed by atoms with Crippen molar-refractivity contribution in [2.24, 2.45) is 5.92 Å². The highest BCUT2D eigenvalue weighted by atomic mass is 35.5. The minimum Gasteiger partial charge on any atom is -0.365 e. The molecule has 2 nitrogen and oxygen atoms in total. The van der Waals surface area contributed by atoms with Gasteiger partial charge in [0.15, 0.2) is 10.6 Å². The predicted molar refractivity (Wildman–Crippen MR) is 44.8 cm³/mol. The normalized spacial score (nSPS) is 42.8. The molecule has 0 amide bonds. The molecule has 1 N–H and O–H groups in total. The fourth-order valence-corrected chi connectivity index (χ4v) is 1.68. The Hall–Kier alpha value is 0.500. The summed E-state index contributed by atoms with van der Waals surface area (Å²) in [5.74, 6) is -0.0224. The summed E-state index contributed by atoms with van der Waals surface area (Å²) in [4.78, 5) is 0. The van der Waals surface area contributed by atoms with Gasteiger partial charge in [-0.2, -0.15) is 0 Å². The minimum atomic E-state index is -1.14. The van der Waals surface area contributed by atoms with Crippen molar-refractivity contribution in [1.29, 1.82) is 0 Å². The smallest absolute Gasteiger partial charge is 0.188 e. The van der Waals surface area contributed by atoms with Crippen LogP contribution < -0.4 is 0 Å². The molecule has 0 radical (unpaired) electrons. The van der Waals surface area contributed by atoms with Gasteiger partial charge in [-0.1, -0.05) is 37.0 Å². The molecule has 0 aromatic heterocycles. The Morgan fingerprint density at radius 2 is 2.09 bits per heavy atom. The van der Waals surface area contributed by atoms with Crippen molar-refractivity contribution in [3.05, 3.63) is 0 Å². The fourth-order valence-electron chi connectivity index (χ4n) is 1.30. The number of rotatable bonds is 1. The maximum atomic E-state index is 9.24. The summed E-state index contributed by atoms with van der Waals surface area (Å²) in [5.41, 5.74) is 0. The van der Waals surface area contributed by atoms with E-state index in [2.05, 4.69) is 0 Å². The Morgan fingerprint density at radius 3 is 2.27 bits per heavy atom. The van der Waals surface area contributed by atoms with Crippen LogP contribution in [0.25, 0.3) is 0 Å². The van der Waals surface area contributed by atoms with Crippen LogP contribution in [0.5, 0.6) is 0 Å². The zero-order valence-electron chi connectivity index (χ0n) is 6.55. The molecule has 1 rings (SSSR count). The van der Waals surface area contributed by atoms with Crippen LogP contribution in [0.3, 0.4) is 0 Å². The van der Waals surface area contributed by atoms with Crippen LogP contribution in [0.2, 0.25) is 0 Å². The summed E-state index contributed by atoms with van der Waals surface area (Å²) in [6, 6.07) is 0. The molecule has 1 saturated heterocycles. The van der Waals surface area contributed by atoms with Gasteiger partial charge in [0.2, 0.25) is 0 Å². The lowest BCUT2D eigenvalue weighted by Gasteiger charge is -2.19. The molecule has 4 heteroatoms. The van der Waals surface area contributed by atoms with Gasteiger partial charge in [0.25, 0.3) is 0 Å². The number of aliphatic hydroxyl groups excluding tert-OH is 1. The SMILES string of the molecule is CC[C@H]1OC(O)C(Cl)(Cl)[C@@H]1C. The average molecular weight is 199 g/mol. The summed E-state index contributed by atoms with van der Waals surface area (Å²) in [6.45, 7) is 3.85. The van der Waals surface area contributed by atoms with Crippen molar-refractivity contribution in [1.82, 2.24) is 0 Å². The van der Waals surface area contributed by atoms with Crippen LogP contribution >= 0.6 is 23.2 Å². The molecule has 1 heterocycles. The minimum absolute atomic E-state index is 0.0224. The van der Waals surface area contributed by atoms with Crippen molar-refractivity contribution in [2.75, 3.05) is 0 Å². The maximum absolute atomic E-state index is 9.24. The number of alkyl halides is 2. The molecule has 0 spiro atoms. The van der Waals surface area contributed by atoms with E-state index in [1.54, 1.807) is 0 Å². The quantitative estimate of drug-likeness (QED) is 0.653. The summed E-state index contributed by atoms with van der Waals surface area (Å²) in [7, 11) is 0. The third-order valence-electron chi connectivity index (χ3n) is 2.20. The maximum Gasteiger partial charge on any atom is 0.188 e. The van der Waals surface area contributed by atoms with E-state index < -0.39 is 10.6 Å². The zero-order chi connectivity index (χ0) is 8.65. The van der Waals surface area contributed by atoms with E-state index in [0.29, 0.717) is 0 Å². The van der Waals surface area contributed by atoms with Crippen LogP contribution in [0.1, 0.15) is 20.3 Å². The molecule has 0 aliphatic carbocycles. The van der Waals surface area contributed by atoms with E-state index in [0.717, 1.165) is 6.42 Å². The van der Waals surface area contributed by atoms with E-state index in [-0.39, 0.29) is 12.0 Å². The van der Waals surface area contributed by atoms with Gasteiger partial charge in [-0.3, -0.25) is 0 Å². The van der Waals surface area contributed by atoms with Crippen molar-refractivity contribution < 1.29 is 9.84 Å². The monoisotopic (exact) mass is 198 g/mol. The third-order valence-corrected chi connectivity index (χ3v) is 3.26. The molecule has 11 heavy (non-hydrogen) atoms. The molecule has 0 aromatic rings. The summed E-state index contributed by atoms with van der Waals surface area (Å²) >= 11 is 11.7. The van der Waals surface area contributed by atoms with E-state index in [1.165, 1.54) is 0 Å². The van der Waals surface area contributed by atoms with Gasteiger partial charge in [0, 0.05) is 5.92 Å². The Kier molecular flexibility index (Phi) is 2.70. The van der Waals surface area contributed by atoms with E-state index >= 15 is 0 Å². The lowest BCUT2D eigenvalue weighted by Crippen LogP contribution is -2.30. The van der Waals surface area contributed by atoms with Crippen LogP contribution in [0.15, 0.2) is 0 Å². The first kappa shape index (κ1) is 9.59. The largest absolute Gasteiger partial charge is 0.365 e. The topological polar surface area (TPSA) is 29.5 Å². The van der Waals surface area contributed by atoms with Gasteiger partial charge >= 0.3 is 0 Å². The van der Waals surface area contributed by atoms with E-state index in [4.69, 9.17) is 27.9 Å². The lowest BCUT2D eigenvalue weighted by atomic mass is 10.0. The van der Waals surface area contributed by atoms with Crippen molar-refractivity contribution in [3.8, 4) is 0 Å². The first-order chi connectivity index (χ1) is 5.00. The number of halogens is 2. The second kappa shape index (κ2) is 3.09. The second-order valence-electron chi connectivity index (χ2n) is 2.90. The van der Waals surface area contributed by atoms with Gasteiger partial charge in [0.1, 0.15) is 0 Å². The van der Waals surface area contributed by atoms with Crippen molar-refractivity contribution >= 4 is 23.2 Å². The molecule has 0 bridgehead atoms. The van der Waals surface area contributed by atoms with Gasteiger partial charge in [-0.15, -0.1) is 0 Å². The third kappa shape index (κ3) is 1.50. The zero-order valence-corrected chi connectivity index (χ0v) is 8.06. The summed E-state index contributed by atoms with van der Waals surface area (Å²) in [5, 5.41) is 9.24. The molecule has 0 aromatic carbocycles. The van der Waals surface area contributed by atoms with Crippen LogP contribution in [0.4, 0.5) is 0 Å². The average Bonchev–Trinajstić information content (AvgIpc) is 2.14. The highest BCUT2D eigenvalue weighted by molar-refractivity contribution is 6.49. The lowest BCUT2D eigenvalue weighted by molar-refractivity contribution is -0.0947. The number of ether oxygens (including phenoxy) is 1. The molecule has 66 valence electrons. The van der Waals surface area contributed by atoms with Crippen LogP contribution in [-0.2, 0) is 4.74 Å². The molecule has 3 atom stereocenters. The molecule has 1 aliphatic heterocycles. The van der Waals surface area contributed by atoms with Gasteiger partial charge < -0.3 is 9.84 Å². The molecule has 1 aliphatic rings. The number of hydrogen-bond acceptors (Lipinski definition) is 2. The van der Waals surface area contributed by atoms with Gasteiger partial charge in [-0.05, 0) is 6.42 Å². The van der Waals surface area contributed by atoms with Gasteiger partial charge in [-0.25, -0.2) is 0 Å². The summed E-state index contributed by atoms with van der Waals surface area (Å²) in [6.07, 6.45) is -0.259. The van der Waals surface area contributed by atoms with Gasteiger partial charge in [0.05, 0.1) is 6.10 Å². The Morgan fingerprint density at radius 1 is 1.55 bits per heavy atom. The van der Waals surface area contributed by atoms with Crippen molar-refractivity contribution in [2.45, 2.75) is 37.0 Å². The number of hydrogen-bond donors (Lipinski definition) is 1. The standard InChI is InChI=1S/C7H12Cl2O2/c1-3-5-4(2)7(8,9)6(10)11-5/h4-6,10H,3H2,1-2H3/t4-,5-,6?/m1/s1. The summed E-state index contributed by atoms with van der Waals surface area (Å²) < 4.78 is 3.99.